The maximum Gasteiger partial charge on any atom is 0.355 e. The lowest BCUT2D eigenvalue weighted by atomic mass is 10.1. The van der Waals surface area contributed by atoms with Crippen LogP contribution in [0.15, 0.2) is 41.8 Å². The monoisotopic (exact) mass is 427 g/mol. The van der Waals surface area contributed by atoms with E-state index in [-0.39, 0.29) is 16.4 Å². The van der Waals surface area contributed by atoms with E-state index in [1.54, 1.807) is 0 Å². The van der Waals surface area contributed by atoms with Crippen LogP contribution in [0.25, 0.3) is 11.0 Å². The van der Waals surface area contributed by atoms with Gasteiger partial charge in [0.2, 0.25) is 0 Å². The summed E-state index contributed by atoms with van der Waals surface area (Å²) in [6, 6.07) is 9.60. The lowest BCUT2D eigenvalue weighted by Crippen LogP contribution is -2.13. The molecule has 0 aliphatic heterocycles. The lowest BCUT2D eigenvalue weighted by Gasteiger charge is -2.02. The molecule has 154 valence electrons. The molecule has 4 aromatic rings. The number of benzene rings is 2. The zero-order chi connectivity index (χ0) is 21.8. The number of fused-ring (bicyclic) bond motifs is 1. The summed E-state index contributed by atoms with van der Waals surface area (Å²) in [6.07, 6.45) is 0. The fourth-order valence-corrected chi connectivity index (χ4v) is 3.21. The van der Waals surface area contributed by atoms with E-state index in [1.807, 2.05) is 6.07 Å². The van der Waals surface area contributed by atoms with Gasteiger partial charge in [0.05, 0.1) is 16.6 Å². The highest BCUT2D eigenvalue weighted by Gasteiger charge is 2.14. The first-order chi connectivity index (χ1) is 14.2. The van der Waals surface area contributed by atoms with Crippen molar-refractivity contribution in [1.82, 2.24) is 15.0 Å². The minimum absolute atomic E-state index is 0.112. The zero-order valence-electron chi connectivity index (χ0n) is 16.1. The first-order valence-electron chi connectivity index (χ1n) is 8.71. The quantitative estimate of drug-likeness (QED) is 0.390. The van der Waals surface area contributed by atoms with Gasteiger partial charge < -0.3 is 15.8 Å². The first kappa shape index (κ1) is 20.9. The fourth-order valence-electron chi connectivity index (χ4n) is 2.53. The molecule has 0 saturated carbocycles. The third-order valence-corrected chi connectivity index (χ3v) is 4.94. The predicted octanol–water partition coefficient (Wildman–Crippen LogP) is 3.99. The number of nitrogen functional groups attached to an aromatic ring is 1. The first-order valence-corrected chi connectivity index (χ1v) is 9.59. The molecule has 0 aliphatic carbocycles. The molecule has 2 heterocycles. The molecule has 0 spiro atoms. The number of nitrogens with zero attached hydrogens (tertiary/aromatic N) is 2. The average Bonchev–Trinajstić information content (AvgIpc) is 3.29. The van der Waals surface area contributed by atoms with E-state index in [1.165, 1.54) is 40.8 Å². The molecule has 2 aromatic heterocycles. The third-order valence-electron chi connectivity index (χ3n) is 4.18. The van der Waals surface area contributed by atoms with Gasteiger partial charge in [-0.2, -0.15) is 0 Å². The van der Waals surface area contributed by atoms with Crippen LogP contribution in [-0.2, 0) is 0 Å². The minimum Gasteiger partial charge on any atom is -0.476 e. The van der Waals surface area contributed by atoms with Crippen LogP contribution in [-0.4, -0.2) is 31.9 Å². The van der Waals surface area contributed by atoms with Crippen molar-refractivity contribution in [2.45, 2.75) is 13.8 Å². The Bertz CT molecular complexity index is 1200. The van der Waals surface area contributed by atoms with E-state index in [0.29, 0.717) is 5.95 Å². The number of H-pyrrole nitrogens is 1. The molecule has 4 rings (SSSR count). The summed E-state index contributed by atoms with van der Waals surface area (Å²) in [5.41, 5.74) is 9.69. The molecular weight excluding hydrogens is 409 g/mol. The van der Waals surface area contributed by atoms with Gasteiger partial charge in [-0.1, -0.05) is 12.1 Å². The smallest absolute Gasteiger partial charge is 0.355 e. The summed E-state index contributed by atoms with van der Waals surface area (Å²) in [5, 5.41) is 12.4. The normalized spacial score (nSPS) is 10.4. The number of carboxylic acids is 1. The molecule has 0 radical (unpaired) electrons. The number of amides is 1. The van der Waals surface area contributed by atoms with Gasteiger partial charge in [-0.3, -0.25) is 10.1 Å². The van der Waals surface area contributed by atoms with Gasteiger partial charge in [-0.25, -0.2) is 19.2 Å². The number of carbonyl (C=O) groups is 2. The maximum absolute atomic E-state index is 13.3. The predicted molar refractivity (Wildman–Crippen MR) is 113 cm³/mol. The van der Waals surface area contributed by atoms with Crippen LogP contribution in [0.5, 0.6) is 0 Å². The molecule has 10 heteroatoms. The molecule has 8 nitrogen and oxygen atoms in total. The highest BCUT2D eigenvalue weighted by atomic mass is 32.1. The van der Waals surface area contributed by atoms with Crippen LogP contribution >= 0.6 is 11.3 Å². The van der Waals surface area contributed by atoms with Crippen molar-refractivity contribution in [1.29, 1.82) is 0 Å². The molecule has 0 unspecified atom stereocenters. The van der Waals surface area contributed by atoms with Crippen LogP contribution < -0.4 is 11.1 Å². The number of nitrogens with one attached hydrogen (secondary N) is 2. The lowest BCUT2D eigenvalue weighted by molar-refractivity contribution is 0.0691. The second-order valence-corrected chi connectivity index (χ2v) is 7.21. The van der Waals surface area contributed by atoms with E-state index in [2.05, 4.69) is 40.2 Å². The van der Waals surface area contributed by atoms with E-state index < -0.39 is 17.7 Å². The van der Waals surface area contributed by atoms with Crippen LogP contribution in [0, 0.1) is 19.7 Å². The van der Waals surface area contributed by atoms with Crippen molar-refractivity contribution < 1.29 is 19.1 Å². The number of hydrogen-bond acceptors (Lipinski definition) is 6. The zero-order valence-corrected chi connectivity index (χ0v) is 16.9. The largest absolute Gasteiger partial charge is 0.476 e. The van der Waals surface area contributed by atoms with E-state index in [0.717, 1.165) is 22.4 Å². The number of aromatic nitrogens is 3. The van der Waals surface area contributed by atoms with Crippen molar-refractivity contribution in [2.75, 3.05) is 11.1 Å². The second-order valence-electron chi connectivity index (χ2n) is 6.35. The average molecular weight is 427 g/mol. The number of halogens is 1. The Morgan fingerprint density at radius 2 is 1.87 bits per heavy atom. The number of carbonyl (C=O) groups excluding carboxylic acids is 1. The summed E-state index contributed by atoms with van der Waals surface area (Å²) in [6.45, 7) is 4.14. The number of imidazole rings is 1. The number of carboxylic acid groups (broad SMARTS) is 1. The number of rotatable bonds is 3. The number of nitrogens with two attached hydrogens (primary N) is 1. The van der Waals surface area contributed by atoms with Gasteiger partial charge in [-0.05, 0) is 49.2 Å². The molecular formula is C20H18FN5O3S. The van der Waals surface area contributed by atoms with Gasteiger partial charge in [0.1, 0.15) is 5.82 Å². The van der Waals surface area contributed by atoms with Crippen LogP contribution in [0.4, 0.5) is 15.5 Å². The number of thiazole rings is 1. The molecule has 0 fully saturated rings. The molecule has 0 bridgehead atoms. The number of hydrogen-bond donors (Lipinski definition) is 4. The Kier molecular flexibility index (Phi) is 6.07. The van der Waals surface area contributed by atoms with Crippen LogP contribution in [0.3, 0.4) is 0 Å². The Morgan fingerprint density at radius 1 is 1.17 bits per heavy atom. The highest BCUT2D eigenvalue weighted by Crippen LogP contribution is 2.18. The van der Waals surface area contributed by atoms with Crippen molar-refractivity contribution in [3.05, 3.63) is 70.0 Å². The highest BCUT2D eigenvalue weighted by molar-refractivity contribution is 7.14. The summed E-state index contributed by atoms with van der Waals surface area (Å²) in [7, 11) is 0. The fraction of sp³-hybridized carbons (Fsp3) is 0.100. The van der Waals surface area contributed by atoms with Gasteiger partial charge in [-0.15, -0.1) is 11.3 Å². The molecule has 1 amide bonds. The van der Waals surface area contributed by atoms with Gasteiger partial charge in [0, 0.05) is 5.38 Å². The maximum atomic E-state index is 13.3. The second kappa shape index (κ2) is 8.70. The molecule has 0 aliphatic rings. The summed E-state index contributed by atoms with van der Waals surface area (Å²) < 4.78 is 13.3. The standard InChI is InChI=1S/C11H7FN2O3S.C9H11N3/c12-7-4-2-1-3-6(7)9(15)14-11-13-8(5-18-11)10(16)17;1-5-3-7-8(4-6(5)2)12-9(10)11-7/h1-5H,(H,16,17)(H,13,14,15);3-4H,1-2H3,(H3,10,11,12). The Morgan fingerprint density at radius 3 is 2.53 bits per heavy atom. The molecule has 0 atom stereocenters. The van der Waals surface area contributed by atoms with Crippen molar-refractivity contribution in [3.8, 4) is 0 Å². The number of aryl methyl sites for hydroxylation is 2. The Labute approximate surface area is 174 Å². The van der Waals surface area contributed by atoms with Gasteiger partial charge in [0.15, 0.2) is 16.8 Å². The van der Waals surface area contributed by atoms with Gasteiger partial charge in [0.25, 0.3) is 5.91 Å². The van der Waals surface area contributed by atoms with Crippen molar-refractivity contribution in [3.63, 3.8) is 0 Å². The van der Waals surface area contributed by atoms with E-state index >= 15 is 0 Å². The molecule has 30 heavy (non-hydrogen) atoms. The van der Waals surface area contributed by atoms with Crippen LogP contribution in [0.1, 0.15) is 32.0 Å². The number of anilines is 2. The molecule has 5 N–H and O–H groups in total. The summed E-state index contributed by atoms with van der Waals surface area (Å²) in [4.78, 5) is 33.1. The third kappa shape index (κ3) is 4.78. The van der Waals surface area contributed by atoms with E-state index in [9.17, 15) is 14.0 Å². The Balaban J connectivity index is 0.000000184. The SMILES string of the molecule is Cc1cc2nc(N)[nH]c2cc1C.O=C(O)c1csc(NC(=O)c2ccccc2F)n1. The minimum atomic E-state index is -1.18. The topological polar surface area (TPSA) is 134 Å². The Hall–Kier alpha value is -3.79. The van der Waals surface area contributed by atoms with Crippen LogP contribution in [0.2, 0.25) is 0 Å². The van der Waals surface area contributed by atoms with Crippen molar-refractivity contribution >= 4 is 45.3 Å². The number of aromatic carboxylic acids is 1. The van der Waals surface area contributed by atoms with E-state index in [4.69, 9.17) is 10.8 Å². The number of aromatic amines is 1. The van der Waals surface area contributed by atoms with Crippen molar-refractivity contribution in [2.24, 2.45) is 0 Å². The van der Waals surface area contributed by atoms with Gasteiger partial charge >= 0.3 is 5.97 Å². The molecule has 0 saturated heterocycles. The summed E-state index contributed by atoms with van der Waals surface area (Å²) >= 11 is 0.960. The summed E-state index contributed by atoms with van der Waals surface area (Å²) in [5.74, 6) is -2.02. The molecule has 2 aromatic carbocycles.